The van der Waals surface area contributed by atoms with Crippen LogP contribution in [0.2, 0.25) is 0 Å². The van der Waals surface area contributed by atoms with Gasteiger partial charge in [0.1, 0.15) is 0 Å². The fourth-order valence-electron chi connectivity index (χ4n) is 1.54. The standard InChI is InChI=1S/C13H21NO2S/c1-10(2)16-13(15)9-14(4)11(3)8-12-6-5-7-17-12/h5-7,10-11H,8-9H2,1-4H3. The Bertz CT molecular complexity index is 335. The summed E-state index contributed by atoms with van der Waals surface area (Å²) in [4.78, 5) is 14.9. The highest BCUT2D eigenvalue weighted by atomic mass is 32.1. The van der Waals surface area contributed by atoms with Crippen LogP contribution in [0.25, 0.3) is 0 Å². The fraction of sp³-hybridized carbons (Fsp3) is 0.615. The van der Waals surface area contributed by atoms with Crippen LogP contribution in [0, 0.1) is 0 Å². The van der Waals surface area contributed by atoms with Gasteiger partial charge >= 0.3 is 5.97 Å². The third-order valence-electron chi connectivity index (χ3n) is 2.57. The second-order valence-corrected chi connectivity index (χ2v) is 5.62. The summed E-state index contributed by atoms with van der Waals surface area (Å²) in [6.45, 7) is 6.22. The Kier molecular flexibility index (Phi) is 5.65. The number of ether oxygens (including phenoxy) is 1. The van der Waals surface area contributed by atoms with Gasteiger partial charge in [-0.05, 0) is 45.7 Å². The first-order valence-electron chi connectivity index (χ1n) is 5.91. The van der Waals surface area contributed by atoms with E-state index >= 15 is 0 Å². The molecule has 3 nitrogen and oxygen atoms in total. The lowest BCUT2D eigenvalue weighted by molar-refractivity contribution is -0.148. The van der Waals surface area contributed by atoms with Crippen molar-refractivity contribution >= 4 is 17.3 Å². The molecular weight excluding hydrogens is 234 g/mol. The molecule has 1 aromatic rings. The van der Waals surface area contributed by atoms with Crippen LogP contribution in [-0.2, 0) is 16.0 Å². The van der Waals surface area contributed by atoms with Crippen LogP contribution < -0.4 is 0 Å². The zero-order valence-corrected chi connectivity index (χ0v) is 11.8. The predicted octanol–water partition coefficient (Wildman–Crippen LogP) is 2.56. The Morgan fingerprint density at radius 2 is 2.18 bits per heavy atom. The Hall–Kier alpha value is -0.870. The molecular formula is C13H21NO2S. The van der Waals surface area contributed by atoms with E-state index in [2.05, 4.69) is 24.4 Å². The fourth-order valence-corrected chi connectivity index (χ4v) is 2.36. The molecule has 0 N–H and O–H groups in total. The highest BCUT2D eigenvalue weighted by Gasteiger charge is 2.15. The number of likely N-dealkylation sites (N-methyl/N-ethyl adjacent to an activating group) is 1. The first-order chi connectivity index (χ1) is 7.99. The molecule has 0 aliphatic rings. The van der Waals surface area contributed by atoms with Crippen molar-refractivity contribution in [1.82, 2.24) is 4.90 Å². The van der Waals surface area contributed by atoms with E-state index in [1.807, 2.05) is 25.8 Å². The lowest BCUT2D eigenvalue weighted by atomic mass is 10.2. The Balaban J connectivity index is 2.36. The van der Waals surface area contributed by atoms with Crippen LogP contribution in [0.3, 0.4) is 0 Å². The summed E-state index contributed by atoms with van der Waals surface area (Å²) in [5.74, 6) is -0.152. The number of nitrogens with zero attached hydrogens (tertiary/aromatic N) is 1. The quantitative estimate of drug-likeness (QED) is 0.732. The van der Waals surface area contributed by atoms with E-state index in [1.54, 1.807) is 11.3 Å². The summed E-state index contributed by atoms with van der Waals surface area (Å²) >= 11 is 1.76. The molecule has 0 radical (unpaired) electrons. The van der Waals surface area contributed by atoms with Crippen LogP contribution in [0.1, 0.15) is 25.6 Å². The number of carbonyl (C=O) groups is 1. The van der Waals surface area contributed by atoms with Crippen molar-refractivity contribution in [1.29, 1.82) is 0 Å². The number of hydrogen-bond donors (Lipinski definition) is 0. The molecule has 96 valence electrons. The first-order valence-corrected chi connectivity index (χ1v) is 6.79. The van der Waals surface area contributed by atoms with Gasteiger partial charge in [0.2, 0.25) is 0 Å². The van der Waals surface area contributed by atoms with Crippen LogP contribution >= 0.6 is 11.3 Å². The third-order valence-corrected chi connectivity index (χ3v) is 3.47. The van der Waals surface area contributed by atoms with E-state index in [1.165, 1.54) is 4.88 Å². The molecule has 0 saturated heterocycles. The van der Waals surface area contributed by atoms with Gasteiger partial charge in [-0.1, -0.05) is 6.07 Å². The van der Waals surface area contributed by atoms with Crippen molar-refractivity contribution in [2.75, 3.05) is 13.6 Å². The van der Waals surface area contributed by atoms with Crippen molar-refractivity contribution < 1.29 is 9.53 Å². The molecule has 17 heavy (non-hydrogen) atoms. The number of hydrogen-bond acceptors (Lipinski definition) is 4. The van der Waals surface area contributed by atoms with E-state index in [4.69, 9.17) is 4.74 Å². The van der Waals surface area contributed by atoms with Gasteiger partial charge < -0.3 is 4.74 Å². The Morgan fingerprint density at radius 1 is 1.47 bits per heavy atom. The van der Waals surface area contributed by atoms with E-state index in [0.717, 1.165) is 6.42 Å². The number of rotatable bonds is 6. The average molecular weight is 255 g/mol. The second kappa shape index (κ2) is 6.77. The molecule has 0 amide bonds. The monoisotopic (exact) mass is 255 g/mol. The normalized spacial score (nSPS) is 13.1. The molecule has 0 aliphatic carbocycles. The molecule has 0 aromatic carbocycles. The molecule has 0 bridgehead atoms. The van der Waals surface area contributed by atoms with Crippen molar-refractivity contribution in [3.63, 3.8) is 0 Å². The molecule has 1 heterocycles. The van der Waals surface area contributed by atoms with E-state index in [9.17, 15) is 4.79 Å². The van der Waals surface area contributed by atoms with Gasteiger partial charge in [0.25, 0.3) is 0 Å². The van der Waals surface area contributed by atoms with E-state index in [-0.39, 0.29) is 12.1 Å². The van der Waals surface area contributed by atoms with E-state index < -0.39 is 0 Å². The summed E-state index contributed by atoms with van der Waals surface area (Å²) in [5.41, 5.74) is 0. The molecule has 0 spiro atoms. The molecule has 1 unspecified atom stereocenters. The summed E-state index contributed by atoms with van der Waals surface area (Å²) in [5, 5.41) is 2.08. The topological polar surface area (TPSA) is 29.5 Å². The Morgan fingerprint density at radius 3 is 2.71 bits per heavy atom. The molecule has 1 rings (SSSR count). The molecule has 4 heteroatoms. The molecule has 0 aliphatic heterocycles. The minimum atomic E-state index is -0.152. The minimum Gasteiger partial charge on any atom is -0.462 e. The summed E-state index contributed by atoms with van der Waals surface area (Å²) in [7, 11) is 1.96. The number of thiophene rings is 1. The Labute approximate surface area is 107 Å². The summed E-state index contributed by atoms with van der Waals surface area (Å²) in [6, 6.07) is 4.52. The lowest BCUT2D eigenvalue weighted by Crippen LogP contribution is -2.36. The minimum absolute atomic E-state index is 0.0384. The van der Waals surface area contributed by atoms with Gasteiger partial charge in [-0.2, -0.15) is 0 Å². The van der Waals surface area contributed by atoms with E-state index in [0.29, 0.717) is 12.6 Å². The maximum Gasteiger partial charge on any atom is 0.320 e. The molecule has 0 saturated carbocycles. The van der Waals surface area contributed by atoms with Crippen LogP contribution in [0.4, 0.5) is 0 Å². The van der Waals surface area contributed by atoms with Gasteiger partial charge in [-0.25, -0.2) is 0 Å². The lowest BCUT2D eigenvalue weighted by Gasteiger charge is -2.23. The van der Waals surface area contributed by atoms with Gasteiger partial charge in [0.15, 0.2) is 0 Å². The molecule has 0 fully saturated rings. The van der Waals surface area contributed by atoms with Crippen molar-refractivity contribution in [3.8, 4) is 0 Å². The van der Waals surface area contributed by atoms with Crippen molar-refractivity contribution in [2.24, 2.45) is 0 Å². The maximum absolute atomic E-state index is 11.5. The third kappa shape index (κ3) is 5.33. The predicted molar refractivity (Wildman–Crippen MR) is 71.3 cm³/mol. The van der Waals surface area contributed by atoms with Crippen LogP contribution in [0.15, 0.2) is 17.5 Å². The number of esters is 1. The van der Waals surface area contributed by atoms with Crippen LogP contribution in [0.5, 0.6) is 0 Å². The van der Waals surface area contributed by atoms with Gasteiger partial charge in [-0.15, -0.1) is 11.3 Å². The van der Waals surface area contributed by atoms with Gasteiger partial charge in [0.05, 0.1) is 12.6 Å². The highest BCUT2D eigenvalue weighted by Crippen LogP contribution is 2.13. The zero-order valence-electron chi connectivity index (χ0n) is 11.0. The second-order valence-electron chi connectivity index (χ2n) is 4.59. The van der Waals surface area contributed by atoms with Crippen molar-refractivity contribution in [2.45, 2.75) is 39.3 Å². The van der Waals surface area contributed by atoms with Gasteiger partial charge in [0, 0.05) is 10.9 Å². The van der Waals surface area contributed by atoms with Crippen LogP contribution in [-0.4, -0.2) is 36.6 Å². The molecule has 1 aromatic heterocycles. The molecule has 1 atom stereocenters. The average Bonchev–Trinajstić information content (AvgIpc) is 2.68. The number of carbonyl (C=O) groups excluding carboxylic acids is 1. The summed E-state index contributed by atoms with van der Waals surface area (Å²) < 4.78 is 5.13. The van der Waals surface area contributed by atoms with Gasteiger partial charge in [-0.3, -0.25) is 9.69 Å². The highest BCUT2D eigenvalue weighted by molar-refractivity contribution is 7.09. The van der Waals surface area contributed by atoms with Crippen molar-refractivity contribution in [3.05, 3.63) is 22.4 Å². The smallest absolute Gasteiger partial charge is 0.320 e. The SMILES string of the molecule is CC(C)OC(=O)CN(C)C(C)Cc1cccs1. The summed E-state index contributed by atoms with van der Waals surface area (Å²) in [6.07, 6.45) is 0.937. The maximum atomic E-state index is 11.5. The first kappa shape index (κ1) is 14.2. The largest absolute Gasteiger partial charge is 0.462 e. The zero-order chi connectivity index (χ0) is 12.8.